The molecule has 1 aliphatic heterocycles. The van der Waals surface area contributed by atoms with Crippen LogP contribution >= 0.6 is 27.7 Å². The smallest absolute Gasteiger partial charge is 0.261 e. The zero-order valence-corrected chi connectivity index (χ0v) is 19.7. The number of rotatable bonds is 6. The van der Waals surface area contributed by atoms with Gasteiger partial charge in [-0.15, -0.1) is 11.8 Å². The fourth-order valence-corrected chi connectivity index (χ4v) is 5.74. The molecule has 0 radical (unpaired) electrons. The van der Waals surface area contributed by atoms with Crippen molar-refractivity contribution in [1.29, 1.82) is 0 Å². The van der Waals surface area contributed by atoms with Gasteiger partial charge in [0.25, 0.3) is 10.0 Å². The van der Waals surface area contributed by atoms with Crippen molar-refractivity contribution < 1.29 is 17.9 Å². The molecule has 0 aliphatic carbocycles. The van der Waals surface area contributed by atoms with Crippen LogP contribution in [0.3, 0.4) is 0 Å². The molecular weight excluding hydrogens is 500 g/mol. The second-order valence-electron chi connectivity index (χ2n) is 6.81. The van der Waals surface area contributed by atoms with Gasteiger partial charge in [-0.25, -0.2) is 8.42 Å². The molecular formula is C22H19BrN2O4S2. The standard InChI is InChI=1S/C22H19BrN2O4S2/c1-29-19-10-8-18(9-11-19)25-21(26)14-30-22(25)15-2-6-17(7-3-15)24-31(27,28)20-12-4-16(23)5-13-20/h2-13,22,24H,14H2,1H3/t22-/m0/s1. The third-order valence-corrected chi connectivity index (χ3v) is 7.93. The maximum absolute atomic E-state index is 12.6. The number of benzene rings is 3. The number of hydrogen-bond acceptors (Lipinski definition) is 5. The van der Waals surface area contributed by atoms with E-state index in [2.05, 4.69) is 20.7 Å². The number of carbonyl (C=O) groups excluding carboxylic acids is 1. The van der Waals surface area contributed by atoms with Gasteiger partial charge in [0.15, 0.2) is 0 Å². The molecule has 3 aromatic rings. The number of hydrogen-bond donors (Lipinski definition) is 1. The Morgan fingerprint density at radius 3 is 2.26 bits per heavy atom. The Hall–Kier alpha value is -2.49. The summed E-state index contributed by atoms with van der Waals surface area (Å²) in [6, 6.07) is 20.9. The van der Waals surface area contributed by atoms with Crippen molar-refractivity contribution in [2.24, 2.45) is 0 Å². The number of thioether (sulfide) groups is 1. The minimum absolute atomic E-state index is 0.0279. The number of halogens is 1. The molecule has 0 aromatic heterocycles. The van der Waals surface area contributed by atoms with Crippen molar-refractivity contribution in [3.05, 3.63) is 82.8 Å². The molecule has 1 aliphatic rings. The number of methoxy groups -OCH3 is 1. The van der Waals surface area contributed by atoms with Gasteiger partial charge < -0.3 is 4.74 Å². The summed E-state index contributed by atoms with van der Waals surface area (Å²) in [6.07, 6.45) is 0. The van der Waals surface area contributed by atoms with Crippen molar-refractivity contribution >= 4 is 55.0 Å². The van der Waals surface area contributed by atoms with E-state index in [0.29, 0.717) is 11.4 Å². The lowest BCUT2D eigenvalue weighted by molar-refractivity contribution is -0.115. The van der Waals surface area contributed by atoms with Crippen LogP contribution < -0.4 is 14.4 Å². The summed E-state index contributed by atoms with van der Waals surface area (Å²) in [5.74, 6) is 1.14. The molecule has 31 heavy (non-hydrogen) atoms. The molecule has 3 aromatic carbocycles. The molecule has 0 spiro atoms. The Kier molecular flexibility index (Phi) is 6.27. The van der Waals surface area contributed by atoms with E-state index in [-0.39, 0.29) is 16.2 Å². The number of ether oxygens (including phenoxy) is 1. The van der Waals surface area contributed by atoms with Crippen LogP contribution in [0.15, 0.2) is 82.2 Å². The van der Waals surface area contributed by atoms with Gasteiger partial charge in [-0.2, -0.15) is 0 Å². The molecule has 1 amide bonds. The van der Waals surface area contributed by atoms with Crippen molar-refractivity contribution in [3.63, 3.8) is 0 Å². The number of amides is 1. The fraction of sp³-hybridized carbons (Fsp3) is 0.136. The molecule has 0 unspecified atom stereocenters. The van der Waals surface area contributed by atoms with E-state index in [1.165, 1.54) is 23.9 Å². The van der Waals surface area contributed by atoms with Crippen LogP contribution in [0, 0.1) is 0 Å². The van der Waals surface area contributed by atoms with Gasteiger partial charge in [-0.3, -0.25) is 14.4 Å². The van der Waals surface area contributed by atoms with Crippen LogP contribution in [0.25, 0.3) is 0 Å². The topological polar surface area (TPSA) is 75.7 Å². The van der Waals surface area contributed by atoms with Gasteiger partial charge in [-0.1, -0.05) is 28.1 Å². The van der Waals surface area contributed by atoms with Gasteiger partial charge in [0.05, 0.1) is 17.8 Å². The number of carbonyl (C=O) groups is 1. The van der Waals surface area contributed by atoms with Gasteiger partial charge >= 0.3 is 0 Å². The third-order valence-electron chi connectivity index (χ3n) is 4.79. The summed E-state index contributed by atoms with van der Waals surface area (Å²) >= 11 is 4.84. The van der Waals surface area contributed by atoms with E-state index in [4.69, 9.17) is 4.74 Å². The van der Waals surface area contributed by atoms with Crippen LogP contribution in [0.5, 0.6) is 5.75 Å². The second kappa shape index (κ2) is 8.94. The van der Waals surface area contributed by atoms with Crippen molar-refractivity contribution in [1.82, 2.24) is 0 Å². The first kappa shape index (κ1) is 21.7. The van der Waals surface area contributed by atoms with Crippen LogP contribution in [-0.4, -0.2) is 27.2 Å². The Bertz CT molecular complexity index is 1180. The van der Waals surface area contributed by atoms with E-state index in [1.54, 1.807) is 36.3 Å². The summed E-state index contributed by atoms with van der Waals surface area (Å²) < 4.78 is 33.8. The molecule has 1 N–H and O–H groups in total. The highest BCUT2D eigenvalue weighted by Crippen LogP contribution is 2.42. The van der Waals surface area contributed by atoms with Crippen LogP contribution in [0.2, 0.25) is 0 Å². The molecule has 0 saturated carbocycles. The van der Waals surface area contributed by atoms with E-state index in [1.807, 2.05) is 36.4 Å². The highest BCUT2D eigenvalue weighted by Gasteiger charge is 2.34. The predicted octanol–water partition coefficient (Wildman–Crippen LogP) is 5.04. The zero-order valence-electron chi connectivity index (χ0n) is 16.5. The molecule has 1 atom stereocenters. The first-order valence-corrected chi connectivity index (χ1v) is 12.7. The Balaban J connectivity index is 1.54. The lowest BCUT2D eigenvalue weighted by Gasteiger charge is -2.24. The SMILES string of the molecule is COc1ccc(N2C(=O)CS[C@H]2c2ccc(NS(=O)(=O)c3ccc(Br)cc3)cc2)cc1. The van der Waals surface area contributed by atoms with Crippen molar-refractivity contribution in [2.75, 3.05) is 22.5 Å². The second-order valence-corrected chi connectivity index (χ2v) is 10.5. The van der Waals surface area contributed by atoms with Gasteiger partial charge in [-0.05, 0) is 66.2 Å². The molecule has 1 fully saturated rings. The molecule has 0 bridgehead atoms. The first-order chi connectivity index (χ1) is 14.9. The molecule has 1 saturated heterocycles. The highest BCUT2D eigenvalue weighted by atomic mass is 79.9. The minimum Gasteiger partial charge on any atom is -0.497 e. The lowest BCUT2D eigenvalue weighted by Crippen LogP contribution is -2.27. The lowest BCUT2D eigenvalue weighted by atomic mass is 10.1. The Morgan fingerprint density at radius 1 is 1.00 bits per heavy atom. The van der Waals surface area contributed by atoms with E-state index < -0.39 is 10.0 Å². The molecule has 6 nitrogen and oxygen atoms in total. The summed E-state index contributed by atoms with van der Waals surface area (Å²) in [4.78, 5) is 14.5. The summed E-state index contributed by atoms with van der Waals surface area (Å²) in [7, 11) is -2.09. The van der Waals surface area contributed by atoms with E-state index in [9.17, 15) is 13.2 Å². The third kappa shape index (κ3) is 4.73. The van der Waals surface area contributed by atoms with Crippen molar-refractivity contribution in [3.8, 4) is 5.75 Å². The Morgan fingerprint density at radius 2 is 1.65 bits per heavy atom. The number of anilines is 2. The van der Waals surface area contributed by atoms with Gasteiger partial charge in [0, 0.05) is 15.8 Å². The maximum Gasteiger partial charge on any atom is 0.261 e. The van der Waals surface area contributed by atoms with Crippen molar-refractivity contribution in [2.45, 2.75) is 10.3 Å². The first-order valence-electron chi connectivity index (χ1n) is 9.33. The van der Waals surface area contributed by atoms with E-state index in [0.717, 1.165) is 21.5 Å². The monoisotopic (exact) mass is 518 g/mol. The molecule has 1 heterocycles. The largest absolute Gasteiger partial charge is 0.497 e. The Labute approximate surface area is 193 Å². The normalized spacial score (nSPS) is 16.4. The zero-order chi connectivity index (χ0) is 22.0. The number of nitrogens with one attached hydrogen (secondary N) is 1. The number of nitrogens with zero attached hydrogens (tertiary/aromatic N) is 1. The number of sulfonamides is 1. The summed E-state index contributed by atoms with van der Waals surface area (Å²) in [5.41, 5.74) is 2.16. The highest BCUT2D eigenvalue weighted by molar-refractivity contribution is 9.10. The van der Waals surface area contributed by atoms with E-state index >= 15 is 0 Å². The van der Waals surface area contributed by atoms with Crippen LogP contribution in [-0.2, 0) is 14.8 Å². The van der Waals surface area contributed by atoms with Gasteiger partial charge in [0.2, 0.25) is 5.91 Å². The fourth-order valence-electron chi connectivity index (χ4n) is 3.24. The summed E-state index contributed by atoms with van der Waals surface area (Å²) in [5, 5.41) is -0.182. The molecule has 4 rings (SSSR count). The van der Waals surface area contributed by atoms with Gasteiger partial charge in [0.1, 0.15) is 11.1 Å². The predicted molar refractivity (Wildman–Crippen MR) is 127 cm³/mol. The molecule has 160 valence electrons. The maximum atomic E-state index is 12.6. The average Bonchev–Trinajstić information content (AvgIpc) is 3.16. The quantitative estimate of drug-likeness (QED) is 0.494. The average molecular weight is 519 g/mol. The minimum atomic E-state index is -3.68. The molecule has 9 heteroatoms. The summed E-state index contributed by atoms with van der Waals surface area (Å²) in [6.45, 7) is 0. The van der Waals surface area contributed by atoms with Crippen LogP contribution in [0.4, 0.5) is 11.4 Å². The van der Waals surface area contributed by atoms with Crippen LogP contribution in [0.1, 0.15) is 10.9 Å².